The fourth-order valence-electron chi connectivity index (χ4n) is 2.42. The van der Waals surface area contributed by atoms with Crippen LogP contribution in [0.3, 0.4) is 0 Å². The first kappa shape index (κ1) is 18.4. The molecule has 0 unspecified atom stereocenters. The van der Waals surface area contributed by atoms with Gasteiger partial charge in [-0.3, -0.25) is 10.1 Å². The summed E-state index contributed by atoms with van der Waals surface area (Å²) in [7, 11) is 0. The van der Waals surface area contributed by atoms with E-state index in [2.05, 4.69) is 26.5 Å². The van der Waals surface area contributed by atoms with Crippen LogP contribution in [0.4, 0.5) is 5.13 Å². The van der Waals surface area contributed by atoms with Gasteiger partial charge >= 0.3 is 0 Å². The quantitative estimate of drug-likeness (QED) is 0.651. The van der Waals surface area contributed by atoms with Crippen molar-refractivity contribution in [2.24, 2.45) is 0 Å². The number of thiazole rings is 1. The number of nitriles is 1. The number of carbonyl (C=O) groups is 1. The van der Waals surface area contributed by atoms with Crippen LogP contribution in [0.25, 0.3) is 11.1 Å². The third kappa shape index (κ3) is 3.57. The van der Waals surface area contributed by atoms with E-state index in [1.165, 1.54) is 23.1 Å². The first-order chi connectivity index (χ1) is 12.4. The lowest BCUT2D eigenvalue weighted by molar-refractivity contribution is 0.102. The normalized spacial score (nSPS) is 11.1. The van der Waals surface area contributed by atoms with Gasteiger partial charge in [-0.25, -0.2) is 9.97 Å². The lowest BCUT2D eigenvalue weighted by Gasteiger charge is -2.08. The largest absolute Gasteiger partial charge is 0.336 e. The second-order valence-corrected chi connectivity index (χ2v) is 8.23. The van der Waals surface area contributed by atoms with E-state index in [4.69, 9.17) is 9.78 Å². The van der Waals surface area contributed by atoms with Crippen LogP contribution in [0, 0.1) is 25.2 Å². The monoisotopic (exact) mass is 387 g/mol. The third-order valence-corrected chi connectivity index (χ3v) is 6.02. The molecular weight excluding hydrogens is 370 g/mol. The molecule has 7 nitrogen and oxygen atoms in total. The van der Waals surface area contributed by atoms with Crippen molar-refractivity contribution in [2.45, 2.75) is 37.8 Å². The highest BCUT2D eigenvalue weighted by Gasteiger charge is 2.21. The Kier molecular flexibility index (Phi) is 5.25. The number of fused-ring (bicyclic) bond motifs is 1. The fourth-order valence-corrected chi connectivity index (χ4v) is 4.22. The summed E-state index contributed by atoms with van der Waals surface area (Å²) < 4.78 is 6.18. The molecule has 0 fully saturated rings. The molecule has 1 N–H and O–H groups in total. The Balaban J connectivity index is 1.95. The van der Waals surface area contributed by atoms with E-state index < -0.39 is 0 Å². The Morgan fingerprint density at radius 2 is 2.15 bits per heavy atom. The van der Waals surface area contributed by atoms with E-state index in [0.29, 0.717) is 33.2 Å². The van der Waals surface area contributed by atoms with Gasteiger partial charge < -0.3 is 4.52 Å². The van der Waals surface area contributed by atoms with Crippen molar-refractivity contribution in [1.29, 1.82) is 5.26 Å². The van der Waals surface area contributed by atoms with Crippen molar-refractivity contribution >= 4 is 45.2 Å². The highest BCUT2D eigenvalue weighted by atomic mass is 32.2. The number of thioether (sulfide) groups is 1. The molecule has 3 heterocycles. The van der Waals surface area contributed by atoms with Crippen LogP contribution in [0.2, 0.25) is 0 Å². The average molecular weight is 387 g/mol. The lowest BCUT2D eigenvalue weighted by atomic mass is 10.0. The fraction of sp³-hybridized carbons (Fsp3) is 0.353. The highest BCUT2D eigenvalue weighted by Crippen LogP contribution is 2.32. The van der Waals surface area contributed by atoms with Crippen LogP contribution in [0.1, 0.15) is 47.2 Å². The number of hydrogen-bond donors (Lipinski definition) is 1. The molecule has 0 atom stereocenters. The molecule has 0 aliphatic heterocycles. The van der Waals surface area contributed by atoms with Crippen molar-refractivity contribution in [1.82, 2.24) is 15.1 Å². The highest BCUT2D eigenvalue weighted by molar-refractivity contribution is 8.01. The molecule has 26 heavy (non-hydrogen) atoms. The molecule has 9 heteroatoms. The summed E-state index contributed by atoms with van der Waals surface area (Å²) in [6.07, 6.45) is 0. The maximum atomic E-state index is 12.9. The summed E-state index contributed by atoms with van der Waals surface area (Å²) in [6.45, 7) is 7.64. The van der Waals surface area contributed by atoms with Gasteiger partial charge in [0.1, 0.15) is 0 Å². The summed E-state index contributed by atoms with van der Waals surface area (Å²) in [4.78, 5) is 21.7. The Hall–Kier alpha value is -2.44. The predicted molar refractivity (Wildman–Crippen MR) is 102 cm³/mol. The summed E-state index contributed by atoms with van der Waals surface area (Å²) in [5.74, 6) is 0.211. The molecule has 0 saturated carbocycles. The number of aromatic nitrogens is 3. The standard InChI is InChI=1S/C17H17N5O2S2/c1-8(2)12-7-11(13-9(3)22-24-15(13)20-12)14(23)21-17-19-10(4)16(26-17)25-6-5-18/h7-8H,6H2,1-4H3,(H,19,21,23). The van der Waals surface area contributed by atoms with Crippen molar-refractivity contribution in [3.63, 3.8) is 0 Å². The second kappa shape index (κ2) is 7.43. The first-order valence-corrected chi connectivity index (χ1v) is 9.76. The molecule has 3 aromatic heterocycles. The van der Waals surface area contributed by atoms with Crippen molar-refractivity contribution in [3.8, 4) is 6.07 Å². The van der Waals surface area contributed by atoms with E-state index in [0.717, 1.165) is 15.6 Å². The zero-order valence-corrected chi connectivity index (χ0v) is 16.4. The Bertz CT molecular complexity index is 1020. The van der Waals surface area contributed by atoms with Gasteiger partial charge in [0, 0.05) is 5.69 Å². The van der Waals surface area contributed by atoms with Crippen molar-refractivity contribution < 1.29 is 9.32 Å². The van der Waals surface area contributed by atoms with Gasteiger partial charge in [0.15, 0.2) is 5.13 Å². The number of rotatable bonds is 5. The maximum Gasteiger partial charge on any atom is 0.259 e. The van der Waals surface area contributed by atoms with E-state index >= 15 is 0 Å². The van der Waals surface area contributed by atoms with Gasteiger partial charge in [-0.05, 0) is 25.8 Å². The van der Waals surface area contributed by atoms with Crippen LogP contribution in [0.15, 0.2) is 14.8 Å². The summed E-state index contributed by atoms with van der Waals surface area (Å²) in [6, 6.07) is 3.87. The SMILES string of the molecule is Cc1nc(NC(=O)c2cc(C(C)C)nc3onc(C)c23)sc1SCC#N. The number of nitrogens with one attached hydrogen (secondary N) is 1. The summed E-state index contributed by atoms with van der Waals surface area (Å²) in [5, 5.41) is 16.6. The Morgan fingerprint density at radius 3 is 2.85 bits per heavy atom. The van der Waals surface area contributed by atoms with E-state index in [9.17, 15) is 4.79 Å². The Labute approximate surface area is 158 Å². The molecule has 0 aliphatic carbocycles. The molecule has 0 saturated heterocycles. The molecule has 134 valence electrons. The van der Waals surface area contributed by atoms with Crippen molar-refractivity contribution in [2.75, 3.05) is 11.1 Å². The minimum Gasteiger partial charge on any atom is -0.336 e. The summed E-state index contributed by atoms with van der Waals surface area (Å²) in [5.41, 5.74) is 3.01. The smallest absolute Gasteiger partial charge is 0.259 e. The molecule has 3 aromatic rings. The Morgan fingerprint density at radius 1 is 1.38 bits per heavy atom. The number of carbonyl (C=O) groups excluding carboxylic acids is 1. The molecule has 0 bridgehead atoms. The number of amides is 1. The maximum absolute atomic E-state index is 12.9. The van der Waals surface area contributed by atoms with Gasteiger partial charge in [-0.1, -0.05) is 42.1 Å². The predicted octanol–water partition coefficient (Wildman–Crippen LogP) is 4.29. The molecule has 1 amide bonds. The zero-order valence-electron chi connectivity index (χ0n) is 14.8. The molecular formula is C17H17N5O2S2. The lowest BCUT2D eigenvalue weighted by Crippen LogP contribution is -2.13. The van der Waals surface area contributed by atoms with Gasteiger partial charge in [0.25, 0.3) is 11.6 Å². The van der Waals surface area contributed by atoms with Gasteiger partial charge in [-0.2, -0.15) is 5.26 Å². The van der Waals surface area contributed by atoms with Crippen LogP contribution in [-0.2, 0) is 0 Å². The van der Waals surface area contributed by atoms with Crippen LogP contribution in [-0.4, -0.2) is 26.8 Å². The second-order valence-electron chi connectivity index (χ2n) is 5.99. The van der Waals surface area contributed by atoms with Gasteiger partial charge in [0.05, 0.1) is 38.4 Å². The number of pyridine rings is 1. The number of hydrogen-bond acceptors (Lipinski definition) is 8. The van der Waals surface area contributed by atoms with Gasteiger partial charge in [0.2, 0.25) is 0 Å². The third-order valence-electron chi connectivity index (χ3n) is 3.72. The topological polar surface area (TPSA) is 105 Å². The minimum absolute atomic E-state index is 0.146. The molecule has 0 radical (unpaired) electrons. The van der Waals surface area contributed by atoms with E-state index in [1.807, 2.05) is 20.8 Å². The van der Waals surface area contributed by atoms with Crippen molar-refractivity contribution in [3.05, 3.63) is 28.7 Å². The average Bonchev–Trinajstić information content (AvgIpc) is 3.14. The zero-order chi connectivity index (χ0) is 18.8. The molecule has 0 aliphatic rings. The van der Waals surface area contributed by atoms with Crippen LogP contribution >= 0.6 is 23.1 Å². The molecule has 0 spiro atoms. The molecule has 0 aromatic carbocycles. The molecule has 3 rings (SSSR count). The van der Waals surface area contributed by atoms with Crippen LogP contribution < -0.4 is 5.32 Å². The number of nitrogens with zero attached hydrogens (tertiary/aromatic N) is 4. The summed E-state index contributed by atoms with van der Waals surface area (Å²) >= 11 is 2.77. The minimum atomic E-state index is -0.281. The number of anilines is 1. The van der Waals surface area contributed by atoms with E-state index in [-0.39, 0.29) is 11.8 Å². The van der Waals surface area contributed by atoms with E-state index in [1.54, 1.807) is 13.0 Å². The van der Waals surface area contributed by atoms with Gasteiger partial charge in [-0.15, -0.1) is 0 Å². The first-order valence-electron chi connectivity index (χ1n) is 7.96. The number of aryl methyl sites for hydroxylation is 2. The van der Waals surface area contributed by atoms with Crippen LogP contribution in [0.5, 0.6) is 0 Å².